The van der Waals surface area contributed by atoms with Crippen molar-refractivity contribution in [3.8, 4) is 5.75 Å². The van der Waals surface area contributed by atoms with Crippen LogP contribution >= 0.6 is 11.8 Å². The van der Waals surface area contributed by atoms with Crippen LogP contribution in [-0.2, 0) is 9.59 Å². The van der Waals surface area contributed by atoms with E-state index < -0.39 is 10.2 Å². The molecule has 2 N–H and O–H groups in total. The third-order valence-electron chi connectivity index (χ3n) is 4.38. The molecule has 1 saturated heterocycles. The van der Waals surface area contributed by atoms with Crippen molar-refractivity contribution in [2.45, 2.75) is 25.5 Å². The Labute approximate surface area is 188 Å². The number of carbonyl (C=O) groups is 2. The van der Waals surface area contributed by atoms with E-state index in [4.69, 9.17) is 4.74 Å². The highest BCUT2D eigenvalue weighted by atomic mass is 32.2. The maximum absolute atomic E-state index is 12.3. The summed E-state index contributed by atoms with van der Waals surface area (Å²) < 4.78 is 5.36. The SMILES string of the molecule is CCOc1ccc(NC(=O)C[C@H]2S/C(=N/N=C(/C)c3ccc([N+](=O)[O-])cc3)NC2=O)cc1. The molecule has 0 spiro atoms. The minimum absolute atomic E-state index is 0.0159. The van der Waals surface area contributed by atoms with E-state index in [1.54, 1.807) is 43.3 Å². The van der Waals surface area contributed by atoms with E-state index in [0.29, 0.717) is 29.3 Å². The molecule has 1 fully saturated rings. The van der Waals surface area contributed by atoms with Crippen molar-refractivity contribution in [3.63, 3.8) is 0 Å². The van der Waals surface area contributed by atoms with Crippen LogP contribution in [0.4, 0.5) is 11.4 Å². The monoisotopic (exact) mass is 455 g/mol. The first-order chi connectivity index (χ1) is 15.4. The van der Waals surface area contributed by atoms with Gasteiger partial charge in [-0.2, -0.15) is 5.10 Å². The molecule has 1 aliphatic heterocycles. The molecule has 2 aromatic carbocycles. The quantitative estimate of drug-likeness (QED) is 0.356. The van der Waals surface area contributed by atoms with Crippen LogP contribution in [0.2, 0.25) is 0 Å². The van der Waals surface area contributed by atoms with Gasteiger partial charge in [0.15, 0.2) is 5.17 Å². The van der Waals surface area contributed by atoms with Gasteiger partial charge in [-0.05, 0) is 55.8 Å². The Morgan fingerprint density at radius 3 is 2.53 bits per heavy atom. The first-order valence-corrected chi connectivity index (χ1v) is 10.6. The number of non-ortho nitro benzene ring substituents is 1. The number of hydrogen-bond donors (Lipinski definition) is 2. The van der Waals surface area contributed by atoms with E-state index >= 15 is 0 Å². The second-order valence-corrected chi connectivity index (χ2v) is 7.89. The van der Waals surface area contributed by atoms with Gasteiger partial charge < -0.3 is 15.4 Å². The van der Waals surface area contributed by atoms with Gasteiger partial charge in [-0.3, -0.25) is 19.7 Å². The van der Waals surface area contributed by atoms with Crippen LogP contribution in [0, 0.1) is 10.1 Å². The first-order valence-electron chi connectivity index (χ1n) is 9.73. The molecule has 10 nitrogen and oxygen atoms in total. The molecule has 0 saturated carbocycles. The minimum atomic E-state index is -0.619. The number of benzene rings is 2. The highest BCUT2D eigenvalue weighted by Crippen LogP contribution is 2.24. The predicted octanol–water partition coefficient (Wildman–Crippen LogP) is 3.33. The summed E-state index contributed by atoms with van der Waals surface area (Å²) in [4.78, 5) is 34.7. The van der Waals surface area contributed by atoms with E-state index in [9.17, 15) is 19.7 Å². The molecule has 11 heteroatoms. The number of amides is 2. The Morgan fingerprint density at radius 2 is 1.91 bits per heavy atom. The Morgan fingerprint density at radius 1 is 1.22 bits per heavy atom. The average Bonchev–Trinajstić information content (AvgIpc) is 3.12. The summed E-state index contributed by atoms with van der Waals surface area (Å²) in [7, 11) is 0. The fourth-order valence-corrected chi connectivity index (χ4v) is 3.69. The van der Waals surface area contributed by atoms with Crippen molar-refractivity contribution in [2.24, 2.45) is 10.2 Å². The summed E-state index contributed by atoms with van der Waals surface area (Å²) in [6.45, 7) is 4.15. The third kappa shape index (κ3) is 6.14. The second-order valence-electron chi connectivity index (χ2n) is 6.70. The van der Waals surface area contributed by atoms with E-state index in [1.165, 1.54) is 12.1 Å². The van der Waals surface area contributed by atoms with Crippen molar-refractivity contribution in [1.82, 2.24) is 5.32 Å². The number of ether oxygens (including phenoxy) is 1. The van der Waals surface area contributed by atoms with Crippen molar-refractivity contribution < 1.29 is 19.2 Å². The van der Waals surface area contributed by atoms with Crippen LogP contribution in [0.5, 0.6) is 5.75 Å². The molecule has 0 aliphatic carbocycles. The highest BCUT2D eigenvalue weighted by Gasteiger charge is 2.32. The van der Waals surface area contributed by atoms with Crippen LogP contribution in [0.3, 0.4) is 0 Å². The molecule has 2 aromatic rings. The Balaban J connectivity index is 1.56. The van der Waals surface area contributed by atoms with Crippen LogP contribution in [0.15, 0.2) is 58.7 Å². The van der Waals surface area contributed by atoms with Crippen molar-refractivity contribution in [1.29, 1.82) is 0 Å². The standard InChI is InChI=1S/C21H21N5O5S/c1-3-31-17-10-6-15(7-11-17)22-19(27)12-18-20(28)23-21(32-18)25-24-13(2)14-4-8-16(9-5-14)26(29)30/h4-11,18H,3,12H2,1-2H3,(H,22,27)(H,23,25,28)/b24-13-/t18-/m1/s1. The van der Waals surface area contributed by atoms with Gasteiger partial charge in [0, 0.05) is 24.2 Å². The zero-order valence-corrected chi connectivity index (χ0v) is 18.2. The second kappa shape index (κ2) is 10.5. The number of amidine groups is 1. The van der Waals surface area contributed by atoms with Crippen LogP contribution in [0.1, 0.15) is 25.8 Å². The maximum atomic E-state index is 12.3. The van der Waals surface area contributed by atoms with Crippen LogP contribution in [-0.4, -0.2) is 39.5 Å². The highest BCUT2D eigenvalue weighted by molar-refractivity contribution is 8.15. The summed E-state index contributed by atoms with van der Waals surface area (Å²) in [6, 6.07) is 12.9. The summed E-state index contributed by atoms with van der Waals surface area (Å²) in [6.07, 6.45) is -0.0201. The molecule has 0 aromatic heterocycles. The van der Waals surface area contributed by atoms with Gasteiger partial charge in [0.05, 0.1) is 17.2 Å². The lowest BCUT2D eigenvalue weighted by Gasteiger charge is -2.08. The van der Waals surface area contributed by atoms with Crippen molar-refractivity contribution in [3.05, 3.63) is 64.2 Å². The van der Waals surface area contributed by atoms with Gasteiger partial charge >= 0.3 is 0 Å². The molecular weight excluding hydrogens is 434 g/mol. The summed E-state index contributed by atoms with van der Waals surface area (Å²) >= 11 is 1.12. The molecule has 2 amide bonds. The Kier molecular flexibility index (Phi) is 7.55. The van der Waals surface area contributed by atoms with Crippen molar-refractivity contribution in [2.75, 3.05) is 11.9 Å². The number of nitrogens with one attached hydrogen (secondary N) is 2. The minimum Gasteiger partial charge on any atom is -0.494 e. The van der Waals surface area contributed by atoms with Gasteiger partial charge in [0.1, 0.15) is 11.0 Å². The lowest BCUT2D eigenvalue weighted by Crippen LogP contribution is -2.28. The van der Waals surface area contributed by atoms with E-state index in [1.807, 2.05) is 6.92 Å². The van der Waals surface area contributed by atoms with E-state index in [0.717, 1.165) is 11.8 Å². The zero-order chi connectivity index (χ0) is 23.1. The topological polar surface area (TPSA) is 135 Å². The summed E-state index contributed by atoms with van der Waals surface area (Å²) in [5.74, 6) is 0.0917. The van der Waals surface area contributed by atoms with Crippen LogP contribution in [0.25, 0.3) is 0 Å². The molecular formula is C21H21N5O5S. The molecule has 0 radical (unpaired) electrons. The molecule has 32 heavy (non-hydrogen) atoms. The van der Waals surface area contributed by atoms with Gasteiger partial charge in [-0.1, -0.05) is 11.8 Å². The number of thioether (sulfide) groups is 1. The van der Waals surface area contributed by atoms with Gasteiger partial charge in [0.2, 0.25) is 11.8 Å². The third-order valence-corrected chi connectivity index (χ3v) is 5.46. The Hall–Kier alpha value is -3.73. The number of nitrogens with zero attached hydrogens (tertiary/aromatic N) is 3. The number of carbonyl (C=O) groups excluding carboxylic acids is 2. The van der Waals surface area contributed by atoms with Crippen LogP contribution < -0.4 is 15.4 Å². The average molecular weight is 455 g/mol. The molecule has 0 bridgehead atoms. The number of nitro benzene ring substituents is 1. The predicted molar refractivity (Wildman–Crippen MR) is 123 cm³/mol. The van der Waals surface area contributed by atoms with Crippen molar-refractivity contribution >= 4 is 45.8 Å². The first kappa shape index (κ1) is 22.9. The summed E-state index contributed by atoms with van der Waals surface area (Å²) in [5.41, 5.74) is 1.79. The molecule has 3 rings (SSSR count). The number of hydrogen-bond acceptors (Lipinski definition) is 8. The molecule has 0 unspecified atom stereocenters. The number of rotatable bonds is 8. The zero-order valence-electron chi connectivity index (χ0n) is 17.4. The Bertz CT molecular complexity index is 1070. The number of nitro groups is 1. The molecule has 1 atom stereocenters. The van der Waals surface area contributed by atoms with Gasteiger partial charge in [-0.25, -0.2) is 0 Å². The van der Waals surface area contributed by atoms with E-state index in [2.05, 4.69) is 20.8 Å². The molecule has 1 heterocycles. The largest absolute Gasteiger partial charge is 0.494 e. The van der Waals surface area contributed by atoms with Gasteiger partial charge in [-0.15, -0.1) is 5.10 Å². The molecule has 166 valence electrons. The van der Waals surface area contributed by atoms with Gasteiger partial charge in [0.25, 0.3) is 5.69 Å². The lowest BCUT2D eigenvalue weighted by molar-refractivity contribution is -0.384. The fraction of sp³-hybridized carbons (Fsp3) is 0.238. The number of anilines is 1. The summed E-state index contributed by atoms with van der Waals surface area (Å²) in [5, 5.41) is 23.9. The molecule has 1 aliphatic rings. The smallest absolute Gasteiger partial charge is 0.269 e. The van der Waals surface area contributed by atoms with E-state index in [-0.39, 0.29) is 29.1 Å². The normalized spacial score (nSPS) is 17.2. The lowest BCUT2D eigenvalue weighted by atomic mass is 10.1. The fourth-order valence-electron chi connectivity index (χ4n) is 2.77. The maximum Gasteiger partial charge on any atom is 0.269 e.